The van der Waals surface area contributed by atoms with Gasteiger partial charge in [0.05, 0.1) is 0 Å². The van der Waals surface area contributed by atoms with E-state index in [4.69, 9.17) is 4.43 Å². The fourth-order valence-electron chi connectivity index (χ4n) is 1.44. The third kappa shape index (κ3) is 8.42. The van der Waals surface area contributed by atoms with E-state index in [1.165, 1.54) is 12.8 Å². The van der Waals surface area contributed by atoms with E-state index in [-0.39, 0.29) is 5.97 Å². The van der Waals surface area contributed by atoms with Crippen LogP contribution in [0.2, 0.25) is 19.1 Å². The number of unbranched alkanes of at least 4 members (excludes halogenated alkanes) is 3. The molecule has 0 aliphatic rings. The van der Waals surface area contributed by atoms with E-state index >= 15 is 0 Å². The van der Waals surface area contributed by atoms with E-state index in [2.05, 4.69) is 26.6 Å². The second-order valence-electron chi connectivity index (χ2n) is 4.54. The van der Waals surface area contributed by atoms with E-state index in [1.807, 2.05) is 6.08 Å². The molecule has 0 atom stereocenters. The summed E-state index contributed by atoms with van der Waals surface area (Å²) in [5.41, 5.74) is 0. The van der Waals surface area contributed by atoms with Crippen LogP contribution >= 0.6 is 0 Å². The maximum absolute atomic E-state index is 11.5. The van der Waals surface area contributed by atoms with Gasteiger partial charge in [-0.3, -0.25) is 4.79 Å². The third-order valence-corrected chi connectivity index (χ3v) is 4.31. The van der Waals surface area contributed by atoms with Crippen molar-refractivity contribution in [2.24, 2.45) is 0 Å². The first-order chi connectivity index (χ1) is 7.02. The average Bonchev–Trinajstić information content (AvgIpc) is 2.11. The van der Waals surface area contributed by atoms with Gasteiger partial charge in [0.2, 0.25) is 0 Å². The average molecular weight is 228 g/mol. The Balaban J connectivity index is 3.68. The Labute approximate surface area is 94.8 Å². The number of rotatable bonds is 8. The second kappa shape index (κ2) is 7.68. The third-order valence-electron chi connectivity index (χ3n) is 2.26. The summed E-state index contributed by atoms with van der Waals surface area (Å²) in [5.74, 6) is -0.0235. The fourth-order valence-corrected chi connectivity index (χ4v) is 2.94. The first-order valence-electron chi connectivity index (χ1n) is 5.84. The molecule has 0 spiro atoms. The van der Waals surface area contributed by atoms with Crippen molar-refractivity contribution in [1.82, 2.24) is 0 Å². The van der Waals surface area contributed by atoms with Gasteiger partial charge in [-0.2, -0.15) is 0 Å². The van der Waals surface area contributed by atoms with Crippen LogP contribution in [-0.2, 0) is 9.22 Å². The molecule has 0 saturated heterocycles. The monoisotopic (exact) mass is 228 g/mol. The van der Waals surface area contributed by atoms with Crippen LogP contribution in [0.5, 0.6) is 0 Å². The molecule has 3 heteroatoms. The van der Waals surface area contributed by atoms with Gasteiger partial charge in [0, 0.05) is 6.42 Å². The molecule has 0 radical (unpaired) electrons. The van der Waals surface area contributed by atoms with Crippen LogP contribution in [0.25, 0.3) is 0 Å². The summed E-state index contributed by atoms with van der Waals surface area (Å²) in [7, 11) is -1.80. The first kappa shape index (κ1) is 14.4. The number of hydrogen-bond donors (Lipinski definition) is 0. The van der Waals surface area contributed by atoms with Crippen molar-refractivity contribution in [2.45, 2.75) is 58.2 Å². The topological polar surface area (TPSA) is 26.3 Å². The van der Waals surface area contributed by atoms with E-state index in [0.29, 0.717) is 6.42 Å². The zero-order valence-corrected chi connectivity index (χ0v) is 11.3. The standard InChI is InChI=1S/C12H24O2Si/c1-5-7-8-9-10-12(13)14-15(3,4)11-6-2/h6H,2,5,7-11H2,1,3-4H3. The van der Waals surface area contributed by atoms with Crippen molar-refractivity contribution in [3.8, 4) is 0 Å². The molecule has 0 aromatic rings. The van der Waals surface area contributed by atoms with Crippen LogP contribution in [-0.4, -0.2) is 14.3 Å². The molecule has 0 aliphatic heterocycles. The van der Waals surface area contributed by atoms with Crippen LogP contribution < -0.4 is 0 Å². The highest BCUT2D eigenvalue weighted by Gasteiger charge is 2.24. The van der Waals surface area contributed by atoms with Crippen molar-refractivity contribution in [3.63, 3.8) is 0 Å². The van der Waals surface area contributed by atoms with Crippen molar-refractivity contribution in [2.75, 3.05) is 0 Å². The van der Waals surface area contributed by atoms with Gasteiger partial charge in [0.1, 0.15) is 0 Å². The van der Waals surface area contributed by atoms with Crippen LogP contribution in [0.3, 0.4) is 0 Å². The van der Waals surface area contributed by atoms with Gasteiger partial charge >= 0.3 is 0 Å². The molecule has 88 valence electrons. The molecule has 2 nitrogen and oxygen atoms in total. The highest BCUT2D eigenvalue weighted by Crippen LogP contribution is 2.13. The van der Waals surface area contributed by atoms with Gasteiger partial charge in [-0.05, 0) is 25.6 Å². The lowest BCUT2D eigenvalue weighted by atomic mass is 10.2. The molecule has 0 saturated carbocycles. The molecule has 0 aromatic carbocycles. The summed E-state index contributed by atoms with van der Waals surface area (Å²) < 4.78 is 5.49. The SMILES string of the molecule is C=CC[Si](C)(C)OC(=O)CCCCCC. The van der Waals surface area contributed by atoms with Gasteiger partial charge in [-0.15, -0.1) is 6.58 Å². The summed E-state index contributed by atoms with van der Waals surface area (Å²) in [4.78, 5) is 11.5. The maximum atomic E-state index is 11.5. The predicted octanol–water partition coefficient (Wildman–Crippen LogP) is 3.89. The van der Waals surface area contributed by atoms with Crippen molar-refractivity contribution in [3.05, 3.63) is 12.7 Å². The van der Waals surface area contributed by atoms with Crippen molar-refractivity contribution >= 4 is 14.3 Å². The Hall–Kier alpha value is -0.573. The molecule has 0 aromatic heterocycles. The summed E-state index contributed by atoms with van der Waals surface area (Å²) in [5, 5.41) is 0. The molecule has 15 heavy (non-hydrogen) atoms. The van der Waals surface area contributed by atoms with E-state index in [0.717, 1.165) is 18.9 Å². The van der Waals surface area contributed by atoms with Gasteiger partial charge in [-0.25, -0.2) is 0 Å². The Bertz CT molecular complexity index is 200. The van der Waals surface area contributed by atoms with E-state index < -0.39 is 8.32 Å². The van der Waals surface area contributed by atoms with Crippen LogP contribution in [0.4, 0.5) is 0 Å². The highest BCUT2D eigenvalue weighted by molar-refractivity contribution is 6.73. The van der Waals surface area contributed by atoms with E-state index in [1.54, 1.807) is 0 Å². The minimum absolute atomic E-state index is 0.0235. The quantitative estimate of drug-likeness (QED) is 0.358. The van der Waals surface area contributed by atoms with Crippen molar-refractivity contribution < 1.29 is 9.22 Å². The van der Waals surface area contributed by atoms with Crippen LogP contribution in [0, 0.1) is 0 Å². The number of allylic oxidation sites excluding steroid dienone is 1. The summed E-state index contributed by atoms with van der Waals surface area (Å²) in [6.07, 6.45) is 6.93. The maximum Gasteiger partial charge on any atom is 0.292 e. The molecule has 0 amide bonds. The summed E-state index contributed by atoms with van der Waals surface area (Å²) in [6, 6.07) is 0.841. The Morgan fingerprint density at radius 1 is 1.33 bits per heavy atom. The smallest absolute Gasteiger partial charge is 0.292 e. The van der Waals surface area contributed by atoms with Crippen LogP contribution in [0.1, 0.15) is 39.0 Å². The van der Waals surface area contributed by atoms with Gasteiger partial charge in [0.25, 0.3) is 14.3 Å². The zero-order chi connectivity index (χ0) is 11.7. The van der Waals surface area contributed by atoms with E-state index in [9.17, 15) is 4.79 Å². The molecular formula is C12H24O2Si. The highest BCUT2D eigenvalue weighted by atomic mass is 28.4. The molecule has 0 bridgehead atoms. The number of hydrogen-bond acceptors (Lipinski definition) is 2. The number of carbonyl (C=O) groups excluding carboxylic acids is 1. The Kier molecular flexibility index (Phi) is 7.39. The Morgan fingerprint density at radius 3 is 2.53 bits per heavy atom. The molecular weight excluding hydrogens is 204 g/mol. The minimum atomic E-state index is -1.80. The minimum Gasteiger partial charge on any atom is -0.519 e. The lowest BCUT2D eigenvalue weighted by Gasteiger charge is -2.20. The Morgan fingerprint density at radius 2 is 2.00 bits per heavy atom. The first-order valence-corrected chi connectivity index (χ1v) is 8.96. The largest absolute Gasteiger partial charge is 0.519 e. The molecule has 0 N–H and O–H groups in total. The summed E-state index contributed by atoms with van der Waals surface area (Å²) >= 11 is 0. The normalized spacial score (nSPS) is 11.1. The number of carbonyl (C=O) groups is 1. The second-order valence-corrected chi connectivity index (χ2v) is 8.67. The molecule has 0 aliphatic carbocycles. The molecule has 0 rings (SSSR count). The van der Waals surface area contributed by atoms with Crippen molar-refractivity contribution in [1.29, 1.82) is 0 Å². The lowest BCUT2D eigenvalue weighted by molar-refractivity contribution is -0.135. The van der Waals surface area contributed by atoms with Gasteiger partial charge in [0.15, 0.2) is 0 Å². The molecule has 0 unspecified atom stereocenters. The summed E-state index contributed by atoms with van der Waals surface area (Å²) in [6.45, 7) is 9.96. The predicted molar refractivity (Wildman–Crippen MR) is 67.3 cm³/mol. The fraction of sp³-hybridized carbons (Fsp3) is 0.750. The molecule has 0 fully saturated rings. The van der Waals surface area contributed by atoms with Gasteiger partial charge in [-0.1, -0.05) is 32.3 Å². The lowest BCUT2D eigenvalue weighted by Crippen LogP contribution is -2.32. The molecule has 0 heterocycles. The zero-order valence-electron chi connectivity index (χ0n) is 10.3. The van der Waals surface area contributed by atoms with Crippen LogP contribution in [0.15, 0.2) is 12.7 Å². The van der Waals surface area contributed by atoms with Gasteiger partial charge < -0.3 is 4.43 Å².